The van der Waals surface area contributed by atoms with Gasteiger partial charge in [0.15, 0.2) is 5.96 Å². The fraction of sp³-hybridized carbons (Fsp3) is 0.531. The molecule has 5 atom stereocenters. The van der Waals surface area contributed by atoms with Crippen LogP contribution in [0.2, 0.25) is 0 Å². The van der Waals surface area contributed by atoms with Crippen molar-refractivity contribution in [1.29, 1.82) is 0 Å². The molecular weight excluding hydrogens is 650 g/mol. The average molecular weight is 702 g/mol. The molecule has 0 fully saturated rings. The summed E-state index contributed by atoms with van der Waals surface area (Å²) in [5.74, 6) is -6.02. The summed E-state index contributed by atoms with van der Waals surface area (Å²) in [4.78, 5) is 84.1. The standard InChI is InChI=1S/C32H51N11O7/c1-17(2)26(31(50)41-23(27(35)46)14-18-16-39-21-10-4-3-8-19(18)21)43-30(49)24(15-25(44)45)42-29(48)22(11-5-6-12-33)40-28(47)20(34)9-7-13-38-32(36)37/h3-4,8,10,16-17,20,22-24,26,39H,5-7,9,11-15,33-34H2,1-2H3,(H2,35,46)(H,40,47)(H,41,50)(H,42,48)(H,43,49)(H,44,45)(H4,36,37,38)/t20-,22-,23-,24-,26-/m0/s1. The number of hydrogen-bond acceptors (Lipinski definition) is 9. The fourth-order valence-electron chi connectivity index (χ4n) is 5.14. The number of hydrogen-bond donors (Lipinski definition) is 11. The molecule has 0 aliphatic heterocycles. The molecule has 2 rings (SSSR count). The number of fused-ring (bicyclic) bond motifs is 1. The molecule has 0 spiro atoms. The number of primary amides is 1. The molecule has 2 aromatic rings. The number of nitrogens with one attached hydrogen (secondary N) is 5. The van der Waals surface area contributed by atoms with Gasteiger partial charge in [-0.05, 0) is 56.2 Å². The number of carboxylic acid groups (broad SMARTS) is 1. The third-order valence-electron chi connectivity index (χ3n) is 7.90. The van der Waals surface area contributed by atoms with E-state index in [1.807, 2.05) is 24.3 Å². The molecule has 0 bridgehead atoms. The highest BCUT2D eigenvalue weighted by molar-refractivity contribution is 5.97. The SMILES string of the molecule is CC(C)[C@H](NC(=O)[C@H](CC(=O)O)NC(=O)[C@H](CCCCN)NC(=O)[C@@H](N)CCCN=C(N)N)C(=O)N[C@@H](Cc1c[nH]c2ccccc12)C(N)=O. The zero-order valence-electron chi connectivity index (χ0n) is 28.4. The highest BCUT2D eigenvalue weighted by atomic mass is 16.4. The Hall–Kier alpha value is -5.23. The van der Waals surface area contributed by atoms with E-state index in [0.29, 0.717) is 25.8 Å². The molecule has 0 saturated carbocycles. The molecule has 5 amide bonds. The van der Waals surface area contributed by atoms with E-state index in [-0.39, 0.29) is 31.8 Å². The van der Waals surface area contributed by atoms with E-state index < -0.39 is 78.1 Å². The van der Waals surface area contributed by atoms with Gasteiger partial charge in [0.05, 0.1) is 12.5 Å². The number of unbranched alkanes of at least 4 members (excludes halogenated alkanes) is 1. The second-order valence-corrected chi connectivity index (χ2v) is 12.3. The van der Waals surface area contributed by atoms with Crippen LogP contribution in [0.4, 0.5) is 0 Å². The van der Waals surface area contributed by atoms with E-state index in [9.17, 15) is 33.9 Å². The molecule has 276 valence electrons. The maximum atomic E-state index is 13.4. The first-order valence-corrected chi connectivity index (χ1v) is 16.4. The summed E-state index contributed by atoms with van der Waals surface area (Å²) in [5, 5.41) is 20.5. The number of benzene rings is 1. The van der Waals surface area contributed by atoms with Crippen molar-refractivity contribution in [3.05, 3.63) is 36.0 Å². The molecule has 1 aromatic heterocycles. The lowest BCUT2D eigenvalue weighted by molar-refractivity contribution is -0.141. The van der Waals surface area contributed by atoms with Crippen molar-refractivity contribution in [2.75, 3.05) is 13.1 Å². The summed E-state index contributed by atoms with van der Waals surface area (Å²) in [6.07, 6.45) is 2.63. The van der Waals surface area contributed by atoms with Gasteiger partial charge in [-0.15, -0.1) is 0 Å². The molecule has 1 heterocycles. The van der Waals surface area contributed by atoms with Crippen LogP contribution in [0.15, 0.2) is 35.5 Å². The van der Waals surface area contributed by atoms with Crippen LogP contribution >= 0.6 is 0 Å². The van der Waals surface area contributed by atoms with Gasteiger partial charge in [0.2, 0.25) is 29.5 Å². The number of para-hydroxylation sites is 1. The molecule has 50 heavy (non-hydrogen) atoms. The van der Waals surface area contributed by atoms with Crippen LogP contribution in [-0.2, 0) is 35.2 Å². The number of nitrogens with two attached hydrogens (primary N) is 5. The first-order valence-electron chi connectivity index (χ1n) is 16.4. The van der Waals surface area contributed by atoms with Crippen molar-refractivity contribution < 1.29 is 33.9 Å². The highest BCUT2D eigenvalue weighted by Gasteiger charge is 2.34. The smallest absolute Gasteiger partial charge is 0.305 e. The third kappa shape index (κ3) is 13.3. The number of amides is 5. The maximum absolute atomic E-state index is 13.4. The Labute approximate surface area is 290 Å². The number of aliphatic carboxylic acids is 1. The van der Waals surface area contributed by atoms with Gasteiger partial charge >= 0.3 is 5.97 Å². The number of carboxylic acids is 1. The number of carbonyl (C=O) groups excluding carboxylic acids is 5. The van der Waals surface area contributed by atoms with Crippen molar-refractivity contribution in [3.63, 3.8) is 0 Å². The molecule has 18 heteroatoms. The Morgan fingerprint density at radius 2 is 1.46 bits per heavy atom. The molecule has 16 N–H and O–H groups in total. The van der Waals surface area contributed by atoms with Crippen molar-refractivity contribution in [3.8, 4) is 0 Å². The van der Waals surface area contributed by atoms with E-state index in [0.717, 1.165) is 16.5 Å². The maximum Gasteiger partial charge on any atom is 0.305 e. The largest absolute Gasteiger partial charge is 0.481 e. The summed E-state index contributed by atoms with van der Waals surface area (Å²) in [5.41, 5.74) is 29.4. The number of rotatable bonds is 22. The van der Waals surface area contributed by atoms with Gasteiger partial charge in [0.25, 0.3) is 0 Å². The number of H-pyrrole nitrogens is 1. The lowest BCUT2D eigenvalue weighted by Gasteiger charge is -2.27. The predicted octanol–water partition coefficient (Wildman–Crippen LogP) is -2.22. The van der Waals surface area contributed by atoms with Gasteiger partial charge in [-0.2, -0.15) is 0 Å². The summed E-state index contributed by atoms with van der Waals surface area (Å²) < 4.78 is 0. The van der Waals surface area contributed by atoms with Gasteiger partial charge in [-0.3, -0.25) is 33.8 Å². The first kappa shape index (κ1) is 40.9. The van der Waals surface area contributed by atoms with Crippen LogP contribution in [0, 0.1) is 5.92 Å². The Balaban J connectivity index is 2.17. The number of nitrogens with zero attached hydrogens (tertiary/aromatic N) is 1. The average Bonchev–Trinajstić information content (AvgIpc) is 3.46. The Morgan fingerprint density at radius 1 is 0.820 bits per heavy atom. The summed E-state index contributed by atoms with van der Waals surface area (Å²) in [6, 6.07) is 1.22. The van der Waals surface area contributed by atoms with Crippen LogP contribution in [-0.4, -0.2) is 94.9 Å². The zero-order chi connectivity index (χ0) is 37.4. The molecule has 0 aliphatic carbocycles. The van der Waals surface area contributed by atoms with E-state index >= 15 is 0 Å². The highest BCUT2D eigenvalue weighted by Crippen LogP contribution is 2.19. The molecule has 18 nitrogen and oxygen atoms in total. The lowest BCUT2D eigenvalue weighted by Crippen LogP contribution is -2.60. The topological polar surface area (TPSA) is 329 Å². The fourth-order valence-corrected chi connectivity index (χ4v) is 5.14. The summed E-state index contributed by atoms with van der Waals surface area (Å²) in [6.45, 7) is 3.85. The van der Waals surface area contributed by atoms with Crippen LogP contribution in [0.5, 0.6) is 0 Å². The second-order valence-electron chi connectivity index (χ2n) is 12.3. The van der Waals surface area contributed by atoms with Crippen molar-refractivity contribution in [2.24, 2.45) is 39.6 Å². The van der Waals surface area contributed by atoms with E-state index in [1.165, 1.54) is 0 Å². The monoisotopic (exact) mass is 701 g/mol. The zero-order valence-corrected chi connectivity index (χ0v) is 28.4. The predicted molar refractivity (Wildman–Crippen MR) is 187 cm³/mol. The minimum Gasteiger partial charge on any atom is -0.481 e. The van der Waals surface area contributed by atoms with Crippen LogP contribution in [0.3, 0.4) is 0 Å². The molecule has 0 aliphatic rings. The van der Waals surface area contributed by atoms with E-state index in [2.05, 4.69) is 31.2 Å². The number of aliphatic imine (C=N–C) groups is 1. The molecule has 0 radical (unpaired) electrons. The number of carbonyl (C=O) groups is 6. The minimum absolute atomic E-state index is 0.0682. The van der Waals surface area contributed by atoms with Crippen LogP contribution in [0.25, 0.3) is 10.9 Å². The Bertz CT molecular complexity index is 1510. The summed E-state index contributed by atoms with van der Waals surface area (Å²) in [7, 11) is 0. The normalized spacial score (nSPS) is 14.1. The van der Waals surface area contributed by atoms with Gasteiger partial charge in [-0.25, -0.2) is 0 Å². The number of guanidine groups is 1. The third-order valence-corrected chi connectivity index (χ3v) is 7.90. The first-order chi connectivity index (χ1) is 23.6. The van der Waals surface area contributed by atoms with Gasteiger partial charge < -0.3 is 60.0 Å². The molecule has 0 saturated heterocycles. The van der Waals surface area contributed by atoms with E-state index in [4.69, 9.17) is 28.7 Å². The van der Waals surface area contributed by atoms with Crippen molar-refractivity contribution in [2.45, 2.75) is 89.0 Å². The van der Waals surface area contributed by atoms with Crippen molar-refractivity contribution >= 4 is 52.4 Å². The van der Waals surface area contributed by atoms with E-state index in [1.54, 1.807) is 20.0 Å². The summed E-state index contributed by atoms with van der Waals surface area (Å²) >= 11 is 0. The molecular formula is C32H51N11O7. The van der Waals surface area contributed by atoms with Crippen LogP contribution < -0.4 is 49.9 Å². The minimum atomic E-state index is -1.63. The van der Waals surface area contributed by atoms with Gasteiger partial charge in [0.1, 0.15) is 24.2 Å². The van der Waals surface area contributed by atoms with Gasteiger partial charge in [0, 0.05) is 30.1 Å². The Kier molecular flexibility index (Phi) is 16.6. The number of aromatic amines is 1. The lowest BCUT2D eigenvalue weighted by atomic mass is 10.00. The quantitative estimate of drug-likeness (QED) is 0.0355. The Morgan fingerprint density at radius 3 is 2.08 bits per heavy atom. The molecule has 1 aromatic carbocycles. The second kappa shape index (κ2) is 20.3. The van der Waals surface area contributed by atoms with Crippen molar-refractivity contribution in [1.82, 2.24) is 26.3 Å². The van der Waals surface area contributed by atoms with Crippen LogP contribution in [0.1, 0.15) is 57.9 Å². The molecule has 0 unspecified atom stereocenters. The number of aromatic nitrogens is 1. The van der Waals surface area contributed by atoms with Gasteiger partial charge in [-0.1, -0.05) is 32.0 Å².